The van der Waals surface area contributed by atoms with E-state index >= 15 is 0 Å². The largest absolute Gasteiger partial charge is 0.480 e. The van der Waals surface area contributed by atoms with E-state index in [4.69, 9.17) is 4.74 Å². The second-order valence-corrected chi connectivity index (χ2v) is 7.29. The number of rotatable bonds is 1. The Bertz CT molecular complexity index is 597. The minimum absolute atomic E-state index is 0.343. The van der Waals surface area contributed by atoms with Gasteiger partial charge >= 0.3 is 12.1 Å². The zero-order chi connectivity index (χ0) is 16.0. The fraction of sp³-hybridized carbons (Fsp3) is 0.467. The Balaban J connectivity index is 2.35. The first-order valence-electron chi connectivity index (χ1n) is 6.58. The standard InChI is InChI=1S/C15H18BrNO4/c1-14(2,3)21-13(20)17-8-10(16)9-5-6-15(4,12(18)19)7-11(9)17/h5-7H,8H2,1-4H3,(H,18,19). The van der Waals surface area contributed by atoms with Gasteiger partial charge in [-0.15, -0.1) is 0 Å². The van der Waals surface area contributed by atoms with Gasteiger partial charge in [0.2, 0.25) is 0 Å². The average Bonchev–Trinajstić information content (AvgIpc) is 2.64. The van der Waals surface area contributed by atoms with Gasteiger partial charge in [-0.05, 0) is 33.8 Å². The molecule has 1 atom stereocenters. The molecule has 1 aliphatic heterocycles. The number of carboxylic acids is 1. The maximum absolute atomic E-state index is 12.3. The van der Waals surface area contributed by atoms with Crippen molar-refractivity contribution in [2.75, 3.05) is 6.54 Å². The Morgan fingerprint density at radius 3 is 2.57 bits per heavy atom. The average molecular weight is 356 g/mol. The topological polar surface area (TPSA) is 66.8 Å². The SMILES string of the molecule is CC(C)(C)OC(=O)N1CC(Br)=C2C=CC(C)(C(=O)O)C=C21. The predicted octanol–water partition coefficient (Wildman–Crippen LogP) is 3.43. The molecule has 0 spiro atoms. The summed E-state index contributed by atoms with van der Waals surface area (Å²) in [5.74, 6) is -0.961. The molecule has 2 rings (SSSR count). The highest BCUT2D eigenvalue weighted by molar-refractivity contribution is 9.11. The number of fused-ring (bicyclic) bond motifs is 1. The first-order valence-corrected chi connectivity index (χ1v) is 7.38. The lowest BCUT2D eigenvalue weighted by atomic mass is 9.84. The van der Waals surface area contributed by atoms with Crippen molar-refractivity contribution in [3.8, 4) is 0 Å². The smallest absolute Gasteiger partial charge is 0.415 e. The third-order valence-electron chi connectivity index (χ3n) is 3.26. The lowest BCUT2D eigenvalue weighted by Crippen LogP contribution is -2.36. The molecule has 21 heavy (non-hydrogen) atoms. The van der Waals surface area contributed by atoms with Crippen molar-refractivity contribution >= 4 is 28.0 Å². The molecule has 0 aromatic heterocycles. The molecule has 0 saturated carbocycles. The molecule has 0 bridgehead atoms. The first kappa shape index (κ1) is 15.8. The number of hydrogen-bond donors (Lipinski definition) is 1. The molecular formula is C15H18BrNO4. The quantitative estimate of drug-likeness (QED) is 0.782. The summed E-state index contributed by atoms with van der Waals surface area (Å²) in [6, 6.07) is 0. The number of carbonyl (C=O) groups is 2. The highest BCUT2D eigenvalue weighted by Crippen LogP contribution is 2.40. The number of aliphatic carboxylic acids is 1. The van der Waals surface area contributed by atoms with Gasteiger partial charge in [-0.1, -0.05) is 28.1 Å². The van der Waals surface area contributed by atoms with Crippen molar-refractivity contribution in [3.05, 3.63) is 34.0 Å². The van der Waals surface area contributed by atoms with Crippen LogP contribution in [0.15, 0.2) is 34.0 Å². The third kappa shape index (κ3) is 3.05. The summed E-state index contributed by atoms with van der Waals surface area (Å²) in [4.78, 5) is 25.1. The van der Waals surface area contributed by atoms with Crippen LogP contribution in [-0.2, 0) is 9.53 Å². The molecule has 114 valence electrons. The molecule has 2 aliphatic rings. The molecule has 0 fully saturated rings. The van der Waals surface area contributed by atoms with Crippen molar-refractivity contribution in [1.82, 2.24) is 4.90 Å². The van der Waals surface area contributed by atoms with Crippen molar-refractivity contribution in [2.45, 2.75) is 33.3 Å². The maximum atomic E-state index is 12.3. The highest BCUT2D eigenvalue weighted by atomic mass is 79.9. The van der Waals surface area contributed by atoms with E-state index < -0.39 is 23.1 Å². The van der Waals surface area contributed by atoms with Gasteiger partial charge in [0, 0.05) is 10.1 Å². The molecule has 1 aliphatic carbocycles. The lowest BCUT2D eigenvalue weighted by Gasteiger charge is -2.28. The van der Waals surface area contributed by atoms with E-state index in [1.807, 2.05) is 0 Å². The van der Waals surface area contributed by atoms with Gasteiger partial charge in [0.05, 0.1) is 12.2 Å². The van der Waals surface area contributed by atoms with Crippen LogP contribution in [0.1, 0.15) is 27.7 Å². The Labute approximate surface area is 132 Å². The van der Waals surface area contributed by atoms with E-state index in [0.29, 0.717) is 12.2 Å². The zero-order valence-corrected chi connectivity index (χ0v) is 14.0. The van der Waals surface area contributed by atoms with Crippen LogP contribution in [0.5, 0.6) is 0 Å². The normalized spacial score (nSPS) is 24.8. The van der Waals surface area contributed by atoms with E-state index in [1.54, 1.807) is 45.9 Å². The fourth-order valence-corrected chi connectivity index (χ4v) is 2.71. The second-order valence-electron chi connectivity index (χ2n) is 6.34. The Morgan fingerprint density at radius 2 is 2.05 bits per heavy atom. The summed E-state index contributed by atoms with van der Waals surface area (Å²) >= 11 is 3.43. The van der Waals surface area contributed by atoms with Crippen LogP contribution < -0.4 is 0 Å². The van der Waals surface area contributed by atoms with Gasteiger partial charge in [-0.2, -0.15) is 0 Å². The molecule has 1 unspecified atom stereocenters. The second kappa shape index (κ2) is 5.02. The number of allylic oxidation sites excluding steroid dienone is 1. The summed E-state index contributed by atoms with van der Waals surface area (Å²) < 4.78 is 6.21. The van der Waals surface area contributed by atoms with E-state index in [1.165, 1.54) is 4.90 Å². The van der Waals surface area contributed by atoms with Gasteiger partial charge in [-0.25, -0.2) is 4.79 Å². The molecule has 0 saturated heterocycles. The van der Waals surface area contributed by atoms with Crippen molar-refractivity contribution in [3.63, 3.8) is 0 Å². The first-order chi connectivity index (χ1) is 9.53. The van der Waals surface area contributed by atoms with Gasteiger partial charge in [0.15, 0.2) is 0 Å². The minimum atomic E-state index is -1.13. The summed E-state index contributed by atoms with van der Waals surface area (Å²) in [7, 11) is 0. The van der Waals surface area contributed by atoms with Gasteiger partial charge in [0.25, 0.3) is 0 Å². The molecule has 0 aromatic rings. The summed E-state index contributed by atoms with van der Waals surface area (Å²) in [6.45, 7) is 7.31. The third-order valence-corrected chi connectivity index (χ3v) is 3.94. The van der Waals surface area contributed by atoms with Gasteiger partial charge in [-0.3, -0.25) is 9.69 Å². The Hall–Kier alpha value is -1.56. The van der Waals surface area contributed by atoms with Crippen LogP contribution >= 0.6 is 15.9 Å². The molecule has 1 N–H and O–H groups in total. The lowest BCUT2D eigenvalue weighted by molar-refractivity contribution is -0.142. The number of carbonyl (C=O) groups excluding carboxylic acids is 1. The Kier molecular flexibility index (Phi) is 3.78. The van der Waals surface area contributed by atoms with Crippen molar-refractivity contribution < 1.29 is 19.4 Å². The summed E-state index contributed by atoms with van der Waals surface area (Å²) in [5.41, 5.74) is -0.340. The molecule has 1 amide bonds. The fourth-order valence-electron chi connectivity index (χ4n) is 2.13. The number of hydrogen-bond acceptors (Lipinski definition) is 3. The highest BCUT2D eigenvalue weighted by Gasteiger charge is 2.39. The summed E-state index contributed by atoms with van der Waals surface area (Å²) in [6.07, 6.45) is 4.46. The predicted molar refractivity (Wildman–Crippen MR) is 81.9 cm³/mol. The monoisotopic (exact) mass is 355 g/mol. The molecule has 6 heteroatoms. The van der Waals surface area contributed by atoms with Gasteiger partial charge in [0.1, 0.15) is 11.0 Å². The summed E-state index contributed by atoms with van der Waals surface area (Å²) in [5, 5.41) is 9.34. The van der Waals surface area contributed by atoms with Gasteiger partial charge < -0.3 is 9.84 Å². The van der Waals surface area contributed by atoms with Crippen LogP contribution in [0.3, 0.4) is 0 Å². The molecular weight excluding hydrogens is 338 g/mol. The van der Waals surface area contributed by atoms with Crippen molar-refractivity contribution in [1.29, 1.82) is 0 Å². The zero-order valence-electron chi connectivity index (χ0n) is 12.4. The molecule has 5 nitrogen and oxygen atoms in total. The molecule has 0 aromatic carbocycles. The maximum Gasteiger partial charge on any atom is 0.415 e. The van der Waals surface area contributed by atoms with E-state index in [2.05, 4.69) is 15.9 Å². The number of halogens is 1. The van der Waals surface area contributed by atoms with Crippen LogP contribution in [0.4, 0.5) is 4.79 Å². The van der Waals surface area contributed by atoms with Crippen molar-refractivity contribution in [2.24, 2.45) is 5.41 Å². The molecule has 1 heterocycles. The van der Waals surface area contributed by atoms with E-state index in [0.717, 1.165) is 10.1 Å². The number of ether oxygens (including phenoxy) is 1. The van der Waals surface area contributed by atoms with Crippen LogP contribution in [0.25, 0.3) is 0 Å². The van der Waals surface area contributed by atoms with E-state index in [-0.39, 0.29) is 0 Å². The van der Waals surface area contributed by atoms with Crippen LogP contribution in [0.2, 0.25) is 0 Å². The van der Waals surface area contributed by atoms with Crippen LogP contribution in [0, 0.1) is 5.41 Å². The Morgan fingerprint density at radius 1 is 1.43 bits per heavy atom. The minimum Gasteiger partial charge on any atom is -0.480 e. The van der Waals surface area contributed by atoms with E-state index in [9.17, 15) is 14.7 Å². The number of amides is 1. The van der Waals surface area contributed by atoms with Crippen LogP contribution in [-0.4, -0.2) is 34.2 Å². The number of carboxylic acid groups (broad SMARTS) is 1. The number of nitrogens with zero attached hydrogens (tertiary/aromatic N) is 1. The molecule has 0 radical (unpaired) electrons.